The molecule has 0 N–H and O–H groups in total. The van der Waals surface area contributed by atoms with E-state index in [0.29, 0.717) is 10.9 Å². The highest BCUT2D eigenvalue weighted by molar-refractivity contribution is 7.18. The average Bonchev–Trinajstić information content (AvgIpc) is 2.86. The molecule has 0 saturated heterocycles. The third kappa shape index (κ3) is 2.25. The number of aromatic nitrogens is 3. The van der Waals surface area contributed by atoms with Gasteiger partial charge in [-0.3, -0.25) is 10.1 Å². The molecule has 0 atom stereocenters. The van der Waals surface area contributed by atoms with Gasteiger partial charge in [-0.2, -0.15) is 0 Å². The monoisotopic (exact) mass is 276 g/mol. The summed E-state index contributed by atoms with van der Waals surface area (Å²) >= 11 is 1.31. The van der Waals surface area contributed by atoms with Crippen molar-refractivity contribution in [3.05, 3.63) is 46.3 Å². The molecule has 96 valence electrons. The fourth-order valence-electron chi connectivity index (χ4n) is 1.57. The van der Waals surface area contributed by atoms with E-state index in [1.54, 1.807) is 10.7 Å². The normalized spacial score (nSPS) is 10.8. The van der Waals surface area contributed by atoms with Crippen molar-refractivity contribution in [1.82, 2.24) is 14.6 Å². The Balaban J connectivity index is 1.83. The molecule has 0 spiro atoms. The number of hydrogen-bond donors (Lipinski definition) is 0. The van der Waals surface area contributed by atoms with Crippen molar-refractivity contribution in [3.8, 4) is 10.9 Å². The third-order valence-electron chi connectivity index (χ3n) is 2.40. The Kier molecular flexibility index (Phi) is 2.64. The van der Waals surface area contributed by atoms with E-state index in [-0.39, 0.29) is 5.69 Å². The Morgan fingerprint density at radius 3 is 2.74 bits per heavy atom. The van der Waals surface area contributed by atoms with Crippen LogP contribution in [0.25, 0.3) is 4.96 Å². The molecule has 0 aliphatic heterocycles. The summed E-state index contributed by atoms with van der Waals surface area (Å²) in [5.41, 5.74) is 0.914. The van der Waals surface area contributed by atoms with Gasteiger partial charge in [0.15, 0.2) is 0 Å². The second-order valence-corrected chi connectivity index (χ2v) is 4.75. The van der Waals surface area contributed by atoms with Crippen LogP contribution in [-0.2, 0) is 0 Å². The minimum absolute atomic E-state index is 0.0249. The van der Waals surface area contributed by atoms with Gasteiger partial charge in [0.05, 0.1) is 16.8 Å². The highest BCUT2D eigenvalue weighted by Crippen LogP contribution is 2.27. The maximum atomic E-state index is 10.5. The van der Waals surface area contributed by atoms with Crippen LogP contribution in [0, 0.1) is 17.0 Å². The number of rotatable bonds is 3. The lowest BCUT2D eigenvalue weighted by Gasteiger charge is -1.99. The quantitative estimate of drug-likeness (QED) is 0.542. The topological polar surface area (TPSA) is 82.6 Å². The summed E-state index contributed by atoms with van der Waals surface area (Å²) in [7, 11) is 0. The standard InChI is InChI=1S/C11H8N4O3S/c1-7-6-14-10(12-7)19-11(13-14)18-9-4-2-8(3-5-9)15(16)17/h2-6H,1H3. The van der Waals surface area contributed by atoms with Crippen molar-refractivity contribution >= 4 is 22.0 Å². The Hall–Kier alpha value is -2.48. The minimum atomic E-state index is -0.454. The van der Waals surface area contributed by atoms with E-state index in [9.17, 15) is 10.1 Å². The lowest BCUT2D eigenvalue weighted by molar-refractivity contribution is -0.384. The Labute approximate surface area is 111 Å². The average molecular weight is 276 g/mol. The van der Waals surface area contributed by atoms with Gasteiger partial charge in [-0.1, -0.05) is 0 Å². The molecule has 8 heteroatoms. The number of ether oxygens (including phenoxy) is 1. The second kappa shape index (κ2) is 4.32. The number of nitro groups is 1. The number of fused-ring (bicyclic) bond motifs is 1. The highest BCUT2D eigenvalue weighted by Gasteiger charge is 2.09. The predicted octanol–water partition coefficient (Wildman–Crippen LogP) is 2.80. The Morgan fingerprint density at radius 2 is 2.11 bits per heavy atom. The predicted molar refractivity (Wildman–Crippen MR) is 68.8 cm³/mol. The van der Waals surface area contributed by atoms with Crippen LogP contribution in [0.2, 0.25) is 0 Å². The molecule has 0 bridgehead atoms. The van der Waals surface area contributed by atoms with E-state index in [4.69, 9.17) is 4.74 Å². The first-order valence-corrected chi connectivity index (χ1v) is 6.18. The van der Waals surface area contributed by atoms with Crippen LogP contribution in [0.3, 0.4) is 0 Å². The molecule has 3 rings (SSSR count). The molecule has 0 aliphatic carbocycles. The summed E-state index contributed by atoms with van der Waals surface area (Å²) in [5.74, 6) is 0.499. The van der Waals surface area contributed by atoms with Crippen LogP contribution in [-0.4, -0.2) is 19.5 Å². The summed E-state index contributed by atoms with van der Waals surface area (Å²) in [4.78, 5) is 15.1. The zero-order valence-electron chi connectivity index (χ0n) is 9.81. The highest BCUT2D eigenvalue weighted by atomic mass is 32.1. The summed E-state index contributed by atoms with van der Waals surface area (Å²) in [6.07, 6.45) is 1.80. The van der Waals surface area contributed by atoms with Gasteiger partial charge >= 0.3 is 0 Å². The van der Waals surface area contributed by atoms with Crippen LogP contribution in [0.4, 0.5) is 5.69 Å². The van der Waals surface area contributed by atoms with Gasteiger partial charge in [-0.15, -0.1) is 5.10 Å². The molecule has 2 aromatic heterocycles. The maximum absolute atomic E-state index is 10.5. The molecule has 0 unspecified atom stereocenters. The zero-order chi connectivity index (χ0) is 13.4. The van der Waals surface area contributed by atoms with Crippen molar-refractivity contribution in [2.75, 3.05) is 0 Å². The lowest BCUT2D eigenvalue weighted by atomic mass is 10.3. The third-order valence-corrected chi connectivity index (χ3v) is 3.20. The second-order valence-electron chi connectivity index (χ2n) is 3.83. The number of imidazole rings is 1. The molecule has 0 amide bonds. The number of benzene rings is 1. The van der Waals surface area contributed by atoms with Crippen molar-refractivity contribution in [2.45, 2.75) is 6.92 Å². The van der Waals surface area contributed by atoms with E-state index < -0.39 is 4.92 Å². The van der Waals surface area contributed by atoms with Crippen molar-refractivity contribution < 1.29 is 9.66 Å². The van der Waals surface area contributed by atoms with Gasteiger partial charge in [0, 0.05) is 12.1 Å². The van der Waals surface area contributed by atoms with Gasteiger partial charge in [-0.05, 0) is 30.4 Å². The van der Waals surface area contributed by atoms with Crippen LogP contribution in [0.5, 0.6) is 10.9 Å². The number of nitro benzene ring substituents is 1. The zero-order valence-corrected chi connectivity index (χ0v) is 10.6. The fraction of sp³-hybridized carbons (Fsp3) is 0.0909. The molecule has 3 aromatic rings. The molecule has 2 heterocycles. The van der Waals surface area contributed by atoms with E-state index >= 15 is 0 Å². The first-order valence-electron chi connectivity index (χ1n) is 5.37. The SMILES string of the molecule is Cc1cn2nc(Oc3ccc([N+](=O)[O-])cc3)sc2n1. The molecule has 0 saturated carbocycles. The van der Waals surface area contributed by atoms with E-state index in [2.05, 4.69) is 10.1 Å². The fourth-order valence-corrected chi connectivity index (χ4v) is 2.37. The number of hydrogen-bond acceptors (Lipinski definition) is 6. The largest absolute Gasteiger partial charge is 0.430 e. The molecule has 19 heavy (non-hydrogen) atoms. The Bertz CT molecular complexity index is 715. The van der Waals surface area contributed by atoms with Crippen molar-refractivity contribution in [1.29, 1.82) is 0 Å². The molecule has 1 aromatic carbocycles. The van der Waals surface area contributed by atoms with E-state index in [1.165, 1.54) is 35.6 Å². The van der Waals surface area contributed by atoms with Gasteiger partial charge in [0.1, 0.15) is 5.75 Å². The van der Waals surface area contributed by atoms with Gasteiger partial charge in [0.25, 0.3) is 10.9 Å². The minimum Gasteiger partial charge on any atom is -0.430 e. The number of non-ortho nitro benzene ring substituents is 1. The van der Waals surface area contributed by atoms with Gasteiger partial charge in [0.2, 0.25) is 4.96 Å². The van der Waals surface area contributed by atoms with Crippen LogP contribution < -0.4 is 4.74 Å². The molecular formula is C11H8N4O3S. The van der Waals surface area contributed by atoms with Gasteiger partial charge in [-0.25, -0.2) is 9.50 Å². The summed E-state index contributed by atoms with van der Waals surface area (Å²) in [6.45, 7) is 1.89. The molecule has 0 aliphatic rings. The van der Waals surface area contributed by atoms with Gasteiger partial charge < -0.3 is 4.74 Å². The van der Waals surface area contributed by atoms with Crippen molar-refractivity contribution in [3.63, 3.8) is 0 Å². The number of aryl methyl sites for hydroxylation is 1. The summed E-state index contributed by atoms with van der Waals surface area (Å²) in [5, 5.41) is 15.2. The van der Waals surface area contributed by atoms with E-state index in [0.717, 1.165) is 10.7 Å². The first kappa shape index (κ1) is 11.6. The first-order chi connectivity index (χ1) is 9.11. The number of nitrogens with zero attached hydrogens (tertiary/aromatic N) is 4. The summed E-state index contributed by atoms with van der Waals surface area (Å²) in [6, 6.07) is 5.84. The van der Waals surface area contributed by atoms with E-state index in [1.807, 2.05) is 6.92 Å². The van der Waals surface area contributed by atoms with Crippen LogP contribution >= 0.6 is 11.3 Å². The molecular weight excluding hydrogens is 268 g/mol. The lowest BCUT2D eigenvalue weighted by Crippen LogP contribution is -1.89. The maximum Gasteiger partial charge on any atom is 0.299 e. The van der Waals surface area contributed by atoms with Crippen LogP contribution in [0.1, 0.15) is 5.69 Å². The molecule has 0 fully saturated rings. The van der Waals surface area contributed by atoms with Crippen molar-refractivity contribution in [2.24, 2.45) is 0 Å². The molecule has 7 nitrogen and oxygen atoms in total. The summed E-state index contributed by atoms with van der Waals surface area (Å²) < 4.78 is 7.16. The van der Waals surface area contributed by atoms with Crippen LogP contribution in [0.15, 0.2) is 30.5 Å². The molecule has 0 radical (unpaired) electrons. The smallest absolute Gasteiger partial charge is 0.299 e. The Morgan fingerprint density at radius 1 is 1.37 bits per heavy atom.